The van der Waals surface area contributed by atoms with Crippen LogP contribution in [0.3, 0.4) is 0 Å². The molecule has 25 heavy (non-hydrogen) atoms. The standard InChI is InChI=1S/C25H48/c1-4-6-8-10-11-13-18-22-25(24-20-16-14-17-21-24)23(3)19-15-12-9-7-5-2/h24H,4-22H2,1-3H3. The van der Waals surface area contributed by atoms with E-state index in [2.05, 4.69) is 20.8 Å². The predicted molar refractivity (Wildman–Crippen MR) is 115 cm³/mol. The van der Waals surface area contributed by atoms with Crippen LogP contribution in [0.25, 0.3) is 0 Å². The van der Waals surface area contributed by atoms with Gasteiger partial charge >= 0.3 is 0 Å². The summed E-state index contributed by atoms with van der Waals surface area (Å²) in [6, 6.07) is 0. The molecule has 0 heteroatoms. The summed E-state index contributed by atoms with van der Waals surface area (Å²) in [5, 5.41) is 0. The number of unbranched alkanes of at least 4 members (excludes halogenated alkanes) is 10. The zero-order chi connectivity index (χ0) is 18.2. The molecule has 0 aromatic carbocycles. The second-order valence-electron chi connectivity index (χ2n) is 8.68. The third kappa shape index (κ3) is 11.1. The summed E-state index contributed by atoms with van der Waals surface area (Å²) in [6.45, 7) is 7.10. The van der Waals surface area contributed by atoms with E-state index in [9.17, 15) is 0 Å². The van der Waals surface area contributed by atoms with Gasteiger partial charge in [0.05, 0.1) is 0 Å². The smallest absolute Gasteiger partial charge is 0.0201 e. The molecule has 0 aliphatic heterocycles. The molecular formula is C25H48. The van der Waals surface area contributed by atoms with Gasteiger partial charge < -0.3 is 0 Å². The van der Waals surface area contributed by atoms with Gasteiger partial charge in [-0.1, -0.05) is 108 Å². The predicted octanol–water partition coefficient (Wildman–Crippen LogP) is 9.38. The molecule has 0 atom stereocenters. The minimum atomic E-state index is 0.949. The van der Waals surface area contributed by atoms with Crippen molar-refractivity contribution >= 4 is 0 Å². The molecule has 0 heterocycles. The quantitative estimate of drug-likeness (QED) is 0.204. The summed E-state index contributed by atoms with van der Waals surface area (Å²) in [6.07, 6.45) is 27.4. The lowest BCUT2D eigenvalue weighted by atomic mass is 9.79. The highest BCUT2D eigenvalue weighted by Gasteiger charge is 2.19. The Morgan fingerprint density at radius 3 is 1.64 bits per heavy atom. The lowest BCUT2D eigenvalue weighted by molar-refractivity contribution is 0.388. The van der Waals surface area contributed by atoms with E-state index in [1.807, 2.05) is 5.57 Å². The number of allylic oxidation sites excluding steroid dienone is 2. The third-order valence-electron chi connectivity index (χ3n) is 6.35. The van der Waals surface area contributed by atoms with Crippen molar-refractivity contribution < 1.29 is 0 Å². The van der Waals surface area contributed by atoms with E-state index in [0.29, 0.717) is 0 Å². The van der Waals surface area contributed by atoms with Gasteiger partial charge in [-0.3, -0.25) is 0 Å². The lowest BCUT2D eigenvalue weighted by Gasteiger charge is -2.27. The summed E-state index contributed by atoms with van der Waals surface area (Å²) >= 11 is 0. The molecule has 0 radical (unpaired) electrons. The summed E-state index contributed by atoms with van der Waals surface area (Å²) in [5.41, 5.74) is 3.69. The second kappa shape index (κ2) is 16.0. The molecule has 1 saturated carbocycles. The average molecular weight is 349 g/mol. The van der Waals surface area contributed by atoms with Gasteiger partial charge in [-0.2, -0.15) is 0 Å². The van der Waals surface area contributed by atoms with Gasteiger partial charge in [0.15, 0.2) is 0 Å². The Hall–Kier alpha value is -0.260. The van der Waals surface area contributed by atoms with Crippen LogP contribution in [0.1, 0.15) is 143 Å². The average Bonchev–Trinajstić information content (AvgIpc) is 2.64. The molecule has 0 unspecified atom stereocenters. The van der Waals surface area contributed by atoms with Gasteiger partial charge in [0.2, 0.25) is 0 Å². The highest BCUT2D eigenvalue weighted by atomic mass is 14.2. The molecule has 0 aromatic rings. The molecule has 0 bridgehead atoms. The highest BCUT2D eigenvalue weighted by molar-refractivity contribution is 5.16. The molecule has 1 aliphatic carbocycles. The molecular weight excluding hydrogens is 300 g/mol. The maximum Gasteiger partial charge on any atom is -0.0201 e. The van der Waals surface area contributed by atoms with Gasteiger partial charge in [-0.15, -0.1) is 0 Å². The lowest BCUT2D eigenvalue weighted by Crippen LogP contribution is -2.11. The van der Waals surface area contributed by atoms with Gasteiger partial charge in [0.1, 0.15) is 0 Å². The van der Waals surface area contributed by atoms with Crippen molar-refractivity contribution in [1.29, 1.82) is 0 Å². The van der Waals surface area contributed by atoms with Gasteiger partial charge in [-0.25, -0.2) is 0 Å². The van der Waals surface area contributed by atoms with E-state index in [1.54, 1.807) is 5.57 Å². The first-order valence-corrected chi connectivity index (χ1v) is 12.0. The van der Waals surface area contributed by atoms with Crippen molar-refractivity contribution in [3.8, 4) is 0 Å². The number of rotatable bonds is 15. The summed E-state index contributed by atoms with van der Waals surface area (Å²) in [4.78, 5) is 0. The van der Waals surface area contributed by atoms with Crippen molar-refractivity contribution in [2.45, 2.75) is 143 Å². The van der Waals surface area contributed by atoms with Gasteiger partial charge in [0, 0.05) is 0 Å². The van der Waals surface area contributed by atoms with Crippen LogP contribution in [0.2, 0.25) is 0 Å². The minimum Gasteiger partial charge on any atom is -0.0738 e. The van der Waals surface area contributed by atoms with Crippen molar-refractivity contribution in [1.82, 2.24) is 0 Å². The van der Waals surface area contributed by atoms with E-state index in [4.69, 9.17) is 0 Å². The van der Waals surface area contributed by atoms with Crippen molar-refractivity contribution in [3.05, 3.63) is 11.1 Å². The maximum absolute atomic E-state index is 2.48. The van der Waals surface area contributed by atoms with Crippen LogP contribution < -0.4 is 0 Å². The van der Waals surface area contributed by atoms with Crippen LogP contribution in [0.5, 0.6) is 0 Å². The van der Waals surface area contributed by atoms with Crippen LogP contribution in [0, 0.1) is 5.92 Å². The molecule has 148 valence electrons. The van der Waals surface area contributed by atoms with E-state index in [-0.39, 0.29) is 0 Å². The van der Waals surface area contributed by atoms with Gasteiger partial charge in [-0.05, 0) is 51.4 Å². The normalized spacial score (nSPS) is 16.9. The molecule has 0 N–H and O–H groups in total. The highest BCUT2D eigenvalue weighted by Crippen LogP contribution is 2.35. The minimum absolute atomic E-state index is 0.949. The number of hydrogen-bond acceptors (Lipinski definition) is 0. The Kier molecular flexibility index (Phi) is 14.5. The molecule has 0 nitrogen and oxygen atoms in total. The van der Waals surface area contributed by atoms with Crippen molar-refractivity contribution in [2.24, 2.45) is 5.92 Å². The SMILES string of the molecule is CCCCCCCCCC(=C(C)CCCCCCC)C1CCCCC1. The Labute approximate surface area is 160 Å². The second-order valence-corrected chi connectivity index (χ2v) is 8.68. The van der Waals surface area contributed by atoms with E-state index < -0.39 is 0 Å². The molecule has 0 aromatic heterocycles. The largest absolute Gasteiger partial charge is 0.0738 e. The van der Waals surface area contributed by atoms with Gasteiger partial charge in [0.25, 0.3) is 0 Å². The monoisotopic (exact) mass is 348 g/mol. The summed E-state index contributed by atoms with van der Waals surface area (Å²) in [5.74, 6) is 0.949. The van der Waals surface area contributed by atoms with Crippen LogP contribution in [0.4, 0.5) is 0 Å². The Morgan fingerprint density at radius 1 is 0.600 bits per heavy atom. The Morgan fingerprint density at radius 2 is 1.08 bits per heavy atom. The van der Waals surface area contributed by atoms with Crippen LogP contribution in [0.15, 0.2) is 11.1 Å². The molecule has 1 aliphatic rings. The molecule has 1 fully saturated rings. The van der Waals surface area contributed by atoms with E-state index in [1.165, 1.54) is 122 Å². The zero-order valence-electron chi connectivity index (χ0n) is 18.0. The maximum atomic E-state index is 2.48. The fourth-order valence-corrected chi connectivity index (χ4v) is 4.64. The number of hydrogen-bond donors (Lipinski definition) is 0. The first-order valence-electron chi connectivity index (χ1n) is 12.0. The molecule has 0 saturated heterocycles. The molecule has 1 rings (SSSR count). The van der Waals surface area contributed by atoms with Crippen molar-refractivity contribution in [2.75, 3.05) is 0 Å². The van der Waals surface area contributed by atoms with Crippen LogP contribution >= 0.6 is 0 Å². The van der Waals surface area contributed by atoms with E-state index >= 15 is 0 Å². The Bertz CT molecular complexity index is 319. The third-order valence-corrected chi connectivity index (χ3v) is 6.35. The topological polar surface area (TPSA) is 0 Å². The van der Waals surface area contributed by atoms with Crippen LogP contribution in [-0.2, 0) is 0 Å². The summed E-state index contributed by atoms with van der Waals surface area (Å²) in [7, 11) is 0. The summed E-state index contributed by atoms with van der Waals surface area (Å²) < 4.78 is 0. The van der Waals surface area contributed by atoms with E-state index in [0.717, 1.165) is 5.92 Å². The fourth-order valence-electron chi connectivity index (χ4n) is 4.64. The zero-order valence-corrected chi connectivity index (χ0v) is 18.0. The van der Waals surface area contributed by atoms with Crippen molar-refractivity contribution in [3.63, 3.8) is 0 Å². The molecule has 0 spiro atoms. The fraction of sp³-hybridized carbons (Fsp3) is 0.920. The Balaban J connectivity index is 2.38. The molecule has 0 amide bonds. The first-order chi connectivity index (χ1) is 12.3. The van der Waals surface area contributed by atoms with Crippen LogP contribution in [-0.4, -0.2) is 0 Å². The first kappa shape index (κ1) is 22.8.